The SMILES string of the molecule is c1ccc(-c2ccc(N(c3ccccc3)c3cc4c5ccccc5oc4c4sc5ccccc5c34)c(-c3ccccc3)c2)cc1. The lowest BCUT2D eigenvalue weighted by Gasteiger charge is -2.29. The fourth-order valence-corrected chi connectivity index (χ4v) is 7.80. The summed E-state index contributed by atoms with van der Waals surface area (Å²) in [5, 5.41) is 4.70. The van der Waals surface area contributed by atoms with Crippen LogP contribution in [0.25, 0.3) is 64.4 Å². The number of para-hydroxylation sites is 2. The molecule has 0 atom stereocenters. The van der Waals surface area contributed by atoms with Crippen molar-refractivity contribution in [3.8, 4) is 22.3 Å². The number of anilines is 3. The molecule has 0 bridgehead atoms. The molecule has 9 aromatic rings. The number of benzene rings is 7. The molecular formula is C42H27NOS. The van der Waals surface area contributed by atoms with Crippen LogP contribution in [0.2, 0.25) is 0 Å². The fourth-order valence-electron chi connectivity index (χ4n) is 6.60. The lowest BCUT2D eigenvalue weighted by molar-refractivity contribution is 0.673. The summed E-state index contributed by atoms with van der Waals surface area (Å²) in [4.78, 5) is 2.44. The second kappa shape index (κ2) is 10.5. The minimum absolute atomic E-state index is 0.909. The summed E-state index contributed by atoms with van der Waals surface area (Å²) in [6, 6.07) is 58.4. The van der Waals surface area contributed by atoms with Gasteiger partial charge in [-0.3, -0.25) is 0 Å². The van der Waals surface area contributed by atoms with Crippen molar-refractivity contribution in [1.29, 1.82) is 0 Å². The largest absolute Gasteiger partial charge is 0.455 e. The van der Waals surface area contributed by atoms with Crippen molar-refractivity contribution in [3.63, 3.8) is 0 Å². The molecule has 0 saturated heterocycles. The maximum absolute atomic E-state index is 6.59. The first-order chi connectivity index (χ1) is 22.3. The van der Waals surface area contributed by atoms with Crippen molar-refractivity contribution in [2.45, 2.75) is 0 Å². The quantitative estimate of drug-likeness (QED) is 0.197. The number of hydrogen-bond acceptors (Lipinski definition) is 3. The molecule has 3 heteroatoms. The number of fused-ring (bicyclic) bond motifs is 7. The fraction of sp³-hybridized carbons (Fsp3) is 0. The van der Waals surface area contributed by atoms with Gasteiger partial charge in [-0.25, -0.2) is 0 Å². The van der Waals surface area contributed by atoms with Gasteiger partial charge in [-0.15, -0.1) is 11.3 Å². The van der Waals surface area contributed by atoms with Gasteiger partial charge in [0.2, 0.25) is 0 Å². The molecule has 0 aliphatic heterocycles. The van der Waals surface area contributed by atoms with Gasteiger partial charge in [-0.1, -0.05) is 121 Å². The summed E-state index contributed by atoms with van der Waals surface area (Å²) in [6.07, 6.45) is 0. The van der Waals surface area contributed by atoms with E-state index in [1.807, 2.05) is 17.4 Å². The van der Waals surface area contributed by atoms with E-state index in [2.05, 4.69) is 163 Å². The van der Waals surface area contributed by atoms with Gasteiger partial charge in [0.05, 0.1) is 16.1 Å². The zero-order valence-electron chi connectivity index (χ0n) is 24.4. The number of rotatable bonds is 5. The highest BCUT2D eigenvalue weighted by atomic mass is 32.1. The Balaban J connectivity index is 1.42. The Kier molecular flexibility index (Phi) is 6.03. The Morgan fingerprint density at radius 3 is 1.89 bits per heavy atom. The average molecular weight is 594 g/mol. The maximum atomic E-state index is 6.59. The molecule has 0 N–H and O–H groups in total. The van der Waals surface area contributed by atoms with Crippen LogP contribution in [0.3, 0.4) is 0 Å². The number of furan rings is 1. The van der Waals surface area contributed by atoms with Crippen LogP contribution in [-0.2, 0) is 0 Å². The van der Waals surface area contributed by atoms with Crippen molar-refractivity contribution >= 4 is 70.5 Å². The summed E-state index contributed by atoms with van der Waals surface area (Å²) < 4.78 is 9.01. The van der Waals surface area contributed by atoms with E-state index < -0.39 is 0 Å². The molecular weight excluding hydrogens is 567 g/mol. The molecule has 2 aromatic heterocycles. The summed E-state index contributed by atoms with van der Waals surface area (Å²) >= 11 is 1.81. The van der Waals surface area contributed by atoms with Gasteiger partial charge >= 0.3 is 0 Å². The predicted molar refractivity (Wildman–Crippen MR) is 192 cm³/mol. The van der Waals surface area contributed by atoms with Gasteiger partial charge in [0, 0.05) is 37.5 Å². The Morgan fingerprint density at radius 2 is 1.11 bits per heavy atom. The second-order valence-corrected chi connectivity index (χ2v) is 12.4. The van der Waals surface area contributed by atoms with Crippen LogP contribution in [0.15, 0.2) is 168 Å². The molecule has 0 aliphatic carbocycles. The van der Waals surface area contributed by atoms with Crippen LogP contribution in [0, 0.1) is 0 Å². The molecule has 0 fully saturated rings. The smallest absolute Gasteiger partial charge is 0.153 e. The molecule has 0 radical (unpaired) electrons. The van der Waals surface area contributed by atoms with Crippen molar-refractivity contribution in [1.82, 2.24) is 0 Å². The van der Waals surface area contributed by atoms with Crippen LogP contribution in [-0.4, -0.2) is 0 Å². The van der Waals surface area contributed by atoms with Crippen LogP contribution >= 0.6 is 11.3 Å². The van der Waals surface area contributed by atoms with E-state index in [9.17, 15) is 0 Å². The van der Waals surface area contributed by atoms with E-state index in [1.54, 1.807) is 0 Å². The molecule has 0 unspecified atom stereocenters. The molecule has 2 nitrogen and oxygen atoms in total. The van der Waals surface area contributed by atoms with Gasteiger partial charge in [0.25, 0.3) is 0 Å². The molecule has 7 aromatic carbocycles. The van der Waals surface area contributed by atoms with Crippen molar-refractivity contribution in [2.75, 3.05) is 4.90 Å². The Morgan fingerprint density at radius 1 is 0.467 bits per heavy atom. The van der Waals surface area contributed by atoms with Gasteiger partial charge in [0.15, 0.2) is 5.58 Å². The highest BCUT2D eigenvalue weighted by Gasteiger charge is 2.25. The lowest BCUT2D eigenvalue weighted by atomic mass is 9.95. The Hall–Kier alpha value is -5.64. The third-order valence-electron chi connectivity index (χ3n) is 8.66. The Bertz CT molecular complexity index is 2480. The second-order valence-electron chi connectivity index (χ2n) is 11.3. The zero-order chi connectivity index (χ0) is 29.7. The molecule has 2 heterocycles. The first-order valence-electron chi connectivity index (χ1n) is 15.2. The van der Waals surface area contributed by atoms with Crippen LogP contribution < -0.4 is 4.90 Å². The predicted octanol–water partition coefficient (Wildman–Crippen LogP) is 12.8. The Labute approximate surface area is 265 Å². The third-order valence-corrected chi connectivity index (χ3v) is 9.83. The van der Waals surface area contributed by atoms with E-state index in [1.165, 1.54) is 42.4 Å². The zero-order valence-corrected chi connectivity index (χ0v) is 25.2. The minimum Gasteiger partial charge on any atom is -0.455 e. The summed E-state index contributed by atoms with van der Waals surface area (Å²) in [5.74, 6) is 0. The molecule has 9 rings (SSSR count). The van der Waals surface area contributed by atoms with Gasteiger partial charge < -0.3 is 9.32 Å². The monoisotopic (exact) mass is 593 g/mol. The summed E-state index contributed by atoms with van der Waals surface area (Å²) in [7, 11) is 0. The van der Waals surface area contributed by atoms with E-state index in [0.717, 1.165) is 39.0 Å². The van der Waals surface area contributed by atoms with Crippen molar-refractivity contribution in [3.05, 3.63) is 164 Å². The summed E-state index contributed by atoms with van der Waals surface area (Å²) in [6.45, 7) is 0. The molecule has 45 heavy (non-hydrogen) atoms. The van der Waals surface area contributed by atoms with Gasteiger partial charge in [-0.05, 0) is 59.2 Å². The van der Waals surface area contributed by atoms with E-state index in [0.29, 0.717) is 0 Å². The third kappa shape index (κ3) is 4.24. The molecule has 0 saturated carbocycles. The number of thiophene rings is 1. The number of nitrogens with zero attached hydrogens (tertiary/aromatic N) is 1. The molecule has 0 spiro atoms. The van der Waals surface area contributed by atoms with Crippen LogP contribution in [0.1, 0.15) is 0 Å². The topological polar surface area (TPSA) is 16.4 Å². The molecule has 0 aliphatic rings. The first-order valence-corrected chi connectivity index (χ1v) is 16.0. The van der Waals surface area contributed by atoms with E-state index in [-0.39, 0.29) is 0 Å². The first kappa shape index (κ1) is 25.8. The molecule has 212 valence electrons. The summed E-state index contributed by atoms with van der Waals surface area (Å²) in [5.41, 5.74) is 9.95. The minimum atomic E-state index is 0.909. The van der Waals surface area contributed by atoms with Gasteiger partial charge in [-0.2, -0.15) is 0 Å². The lowest BCUT2D eigenvalue weighted by Crippen LogP contribution is -2.11. The average Bonchev–Trinajstić information content (AvgIpc) is 3.69. The van der Waals surface area contributed by atoms with E-state index >= 15 is 0 Å². The highest BCUT2D eigenvalue weighted by molar-refractivity contribution is 7.26. The number of hydrogen-bond donors (Lipinski definition) is 0. The standard InChI is InChI=1S/C42H27NOS/c1-4-14-28(15-5-1)30-24-25-36(34(26-30)29-16-6-2-7-17-29)43(31-18-8-3-9-19-31)37-27-35-32-20-10-12-22-38(32)44-41(35)42-40(37)33-21-11-13-23-39(33)45-42/h1-27H. The highest BCUT2D eigenvalue weighted by Crippen LogP contribution is 2.51. The van der Waals surface area contributed by atoms with Crippen molar-refractivity contribution in [2.24, 2.45) is 0 Å². The van der Waals surface area contributed by atoms with Gasteiger partial charge in [0.1, 0.15) is 5.58 Å². The normalized spacial score (nSPS) is 11.6. The van der Waals surface area contributed by atoms with Crippen LogP contribution in [0.5, 0.6) is 0 Å². The maximum Gasteiger partial charge on any atom is 0.153 e. The van der Waals surface area contributed by atoms with E-state index in [4.69, 9.17) is 4.42 Å². The molecule has 0 amide bonds. The van der Waals surface area contributed by atoms with Crippen LogP contribution in [0.4, 0.5) is 17.1 Å². The van der Waals surface area contributed by atoms with Crippen molar-refractivity contribution < 1.29 is 4.42 Å².